The second-order valence-corrected chi connectivity index (χ2v) is 10.5. The molecule has 3 aromatic rings. The number of carbonyl (C=O) groups excluding carboxylic acids is 1. The van der Waals surface area contributed by atoms with Gasteiger partial charge in [0.05, 0.1) is 42.8 Å². The fourth-order valence-electron chi connectivity index (χ4n) is 5.16. The van der Waals surface area contributed by atoms with Gasteiger partial charge in [0.2, 0.25) is 5.91 Å². The molecule has 2 atom stereocenters. The zero-order valence-electron chi connectivity index (χ0n) is 21.0. The minimum Gasteiger partial charge on any atom is -0.497 e. The van der Waals surface area contributed by atoms with Gasteiger partial charge in [0, 0.05) is 36.0 Å². The summed E-state index contributed by atoms with van der Waals surface area (Å²) in [7, 11) is 1.59. The molecule has 5 rings (SSSR count). The largest absolute Gasteiger partial charge is 0.497 e. The van der Waals surface area contributed by atoms with E-state index >= 15 is 4.39 Å². The molecule has 0 aliphatic carbocycles. The number of rotatable bonds is 7. The van der Waals surface area contributed by atoms with Crippen LogP contribution < -0.4 is 19.3 Å². The average molecular weight is 559 g/mol. The van der Waals surface area contributed by atoms with E-state index in [1.165, 1.54) is 11.0 Å². The quantitative estimate of drug-likeness (QED) is 0.392. The van der Waals surface area contributed by atoms with Crippen molar-refractivity contribution in [3.8, 4) is 11.5 Å². The molecule has 9 heteroatoms. The van der Waals surface area contributed by atoms with Gasteiger partial charge in [-0.3, -0.25) is 4.79 Å². The number of nitrogens with zero attached hydrogens (tertiary/aromatic N) is 2. The first kappa shape index (κ1) is 26.6. The number of fused-ring (bicyclic) bond motifs is 1. The molecule has 0 bridgehead atoms. The topological polar surface area (TPSA) is 62.2 Å². The molecule has 200 valence electrons. The van der Waals surface area contributed by atoms with E-state index in [0.29, 0.717) is 53.0 Å². The summed E-state index contributed by atoms with van der Waals surface area (Å²) >= 11 is 12.4. The molecule has 38 heavy (non-hydrogen) atoms. The third-order valence-corrected chi connectivity index (χ3v) is 7.81. The summed E-state index contributed by atoms with van der Waals surface area (Å²) in [6.07, 6.45) is 0.744. The molecule has 3 aromatic carbocycles. The Hall–Kier alpha value is -3.00. The summed E-state index contributed by atoms with van der Waals surface area (Å²) in [6, 6.07) is 15.7. The van der Waals surface area contributed by atoms with E-state index in [1.807, 2.05) is 35.2 Å². The summed E-state index contributed by atoms with van der Waals surface area (Å²) in [5, 5.41) is 12.0. The number of methoxy groups -OCH3 is 1. The van der Waals surface area contributed by atoms with Crippen molar-refractivity contribution in [2.75, 3.05) is 36.6 Å². The van der Waals surface area contributed by atoms with Crippen molar-refractivity contribution in [1.82, 2.24) is 0 Å². The number of hydrogen-bond acceptors (Lipinski definition) is 5. The van der Waals surface area contributed by atoms with Crippen molar-refractivity contribution >= 4 is 40.5 Å². The predicted molar refractivity (Wildman–Crippen MR) is 147 cm³/mol. The maximum atomic E-state index is 15.1. The van der Waals surface area contributed by atoms with Crippen LogP contribution in [-0.4, -0.2) is 43.9 Å². The first-order valence-corrected chi connectivity index (χ1v) is 13.3. The number of ether oxygens (including phenoxy) is 2. The number of carbonyl (C=O) groups is 1. The Labute approximate surface area is 231 Å². The molecule has 0 spiro atoms. The second-order valence-electron chi connectivity index (χ2n) is 9.67. The second kappa shape index (κ2) is 11.4. The highest BCUT2D eigenvalue weighted by Crippen LogP contribution is 2.39. The van der Waals surface area contributed by atoms with E-state index < -0.39 is 11.9 Å². The van der Waals surface area contributed by atoms with Crippen molar-refractivity contribution < 1.29 is 23.8 Å². The molecule has 1 saturated heterocycles. The maximum absolute atomic E-state index is 15.1. The number of piperidine rings is 1. The lowest BCUT2D eigenvalue weighted by Gasteiger charge is -2.38. The van der Waals surface area contributed by atoms with Gasteiger partial charge in [0.1, 0.15) is 17.3 Å². The molecule has 6 nitrogen and oxygen atoms in total. The molecule has 0 aromatic heterocycles. The summed E-state index contributed by atoms with van der Waals surface area (Å²) in [6.45, 7) is 1.66. The third-order valence-electron chi connectivity index (χ3n) is 7.27. The number of benzene rings is 3. The highest BCUT2D eigenvalue weighted by molar-refractivity contribution is 6.36. The molecule has 2 heterocycles. The number of hydrogen-bond donors (Lipinski definition) is 1. The molecule has 1 N–H and O–H groups in total. The first-order valence-electron chi connectivity index (χ1n) is 12.6. The molecule has 1 fully saturated rings. The third kappa shape index (κ3) is 5.55. The fraction of sp³-hybridized carbons (Fsp3) is 0.345. The summed E-state index contributed by atoms with van der Waals surface area (Å²) in [4.78, 5) is 16.4. The minimum absolute atomic E-state index is 0.0985. The smallest absolute Gasteiger partial charge is 0.227 e. The number of amides is 1. The number of β-amino-alcohol motifs (C(OH)–C–C–N with tert-alkyl or cyclic N) is 1. The van der Waals surface area contributed by atoms with Gasteiger partial charge in [0.25, 0.3) is 0 Å². The molecule has 0 radical (unpaired) electrons. The van der Waals surface area contributed by atoms with Crippen molar-refractivity contribution in [2.24, 2.45) is 5.92 Å². The Kier molecular flexibility index (Phi) is 7.98. The lowest BCUT2D eigenvalue weighted by atomic mass is 9.94. The molecule has 2 aliphatic heterocycles. The van der Waals surface area contributed by atoms with E-state index in [2.05, 4.69) is 0 Å². The van der Waals surface area contributed by atoms with Crippen LogP contribution in [0.15, 0.2) is 54.6 Å². The van der Waals surface area contributed by atoms with Crippen molar-refractivity contribution in [3.05, 3.63) is 81.6 Å². The van der Waals surface area contributed by atoms with Gasteiger partial charge < -0.3 is 24.4 Å². The molecule has 2 aliphatic rings. The fourth-order valence-corrected chi connectivity index (χ4v) is 5.69. The molecule has 2 unspecified atom stereocenters. The average Bonchev–Trinajstić information content (AvgIpc) is 2.91. The minimum atomic E-state index is -0.625. The van der Waals surface area contributed by atoms with E-state index in [4.69, 9.17) is 32.7 Å². The number of aliphatic hydroxyl groups excluding tert-OH is 1. The van der Waals surface area contributed by atoms with E-state index in [0.717, 1.165) is 11.3 Å². The highest BCUT2D eigenvalue weighted by atomic mass is 35.5. The van der Waals surface area contributed by atoms with Crippen LogP contribution in [0.2, 0.25) is 10.0 Å². The van der Waals surface area contributed by atoms with E-state index in [1.54, 1.807) is 25.3 Å². The van der Waals surface area contributed by atoms with E-state index in [-0.39, 0.29) is 37.1 Å². The number of anilines is 2. The van der Waals surface area contributed by atoms with Crippen molar-refractivity contribution in [2.45, 2.75) is 31.9 Å². The van der Waals surface area contributed by atoms with Gasteiger partial charge in [-0.25, -0.2) is 4.39 Å². The van der Waals surface area contributed by atoms with Crippen LogP contribution in [0, 0.1) is 11.7 Å². The lowest BCUT2D eigenvalue weighted by Crippen LogP contribution is -2.46. The summed E-state index contributed by atoms with van der Waals surface area (Å²) < 4.78 is 26.5. The van der Waals surface area contributed by atoms with Crippen LogP contribution in [0.3, 0.4) is 0 Å². The monoisotopic (exact) mass is 558 g/mol. The number of halogens is 3. The van der Waals surface area contributed by atoms with Gasteiger partial charge in [-0.05, 0) is 60.9 Å². The van der Waals surface area contributed by atoms with Gasteiger partial charge >= 0.3 is 0 Å². The van der Waals surface area contributed by atoms with Gasteiger partial charge in [-0.2, -0.15) is 0 Å². The van der Waals surface area contributed by atoms with Gasteiger partial charge in [0.15, 0.2) is 0 Å². The lowest BCUT2D eigenvalue weighted by molar-refractivity contribution is -0.119. The first-order chi connectivity index (χ1) is 18.3. The number of aliphatic hydroxyl groups is 1. The van der Waals surface area contributed by atoms with Crippen LogP contribution >= 0.6 is 23.2 Å². The Bertz CT molecular complexity index is 1320. The SMILES string of the molecule is COc1ccc(CN2C(=O)CCc3c(OCC4CCN(c5ccc(Cl)cc5Cl)CC4O)ccc(F)c32)cc1. The van der Waals surface area contributed by atoms with Crippen molar-refractivity contribution in [3.63, 3.8) is 0 Å². The summed E-state index contributed by atoms with van der Waals surface area (Å²) in [5.74, 6) is 0.572. The maximum Gasteiger partial charge on any atom is 0.227 e. The Morgan fingerprint density at radius 1 is 1.08 bits per heavy atom. The van der Waals surface area contributed by atoms with Crippen molar-refractivity contribution in [1.29, 1.82) is 0 Å². The molecular formula is C29H29Cl2FN2O4. The highest BCUT2D eigenvalue weighted by Gasteiger charge is 2.32. The predicted octanol–water partition coefficient (Wildman–Crippen LogP) is 5.89. The zero-order chi connectivity index (χ0) is 26.8. The Morgan fingerprint density at radius 2 is 1.87 bits per heavy atom. The zero-order valence-corrected chi connectivity index (χ0v) is 22.5. The van der Waals surface area contributed by atoms with Crippen LogP contribution in [0.25, 0.3) is 0 Å². The van der Waals surface area contributed by atoms with Gasteiger partial charge in [-0.1, -0.05) is 35.3 Å². The molecule has 1 amide bonds. The molecular weight excluding hydrogens is 530 g/mol. The van der Waals surface area contributed by atoms with Gasteiger partial charge in [-0.15, -0.1) is 0 Å². The van der Waals surface area contributed by atoms with Crippen LogP contribution in [-0.2, 0) is 17.8 Å². The van der Waals surface area contributed by atoms with Crippen LogP contribution in [0.4, 0.5) is 15.8 Å². The normalized spacial score (nSPS) is 19.3. The van der Waals surface area contributed by atoms with Crippen LogP contribution in [0.5, 0.6) is 11.5 Å². The molecule has 0 saturated carbocycles. The Morgan fingerprint density at radius 3 is 2.58 bits per heavy atom. The van der Waals surface area contributed by atoms with Crippen LogP contribution in [0.1, 0.15) is 24.0 Å². The standard InChI is InChI=1S/C29H29Cl2FN2O4/c1-37-21-5-2-18(3-6-21)15-34-28(36)11-7-22-27(10-8-24(32)29(22)34)38-17-19-12-13-33(16-26(19)35)25-9-4-20(30)14-23(25)31/h2-6,8-10,14,19,26,35H,7,11-13,15-17H2,1H3. The Balaban J connectivity index is 1.28. The summed E-state index contributed by atoms with van der Waals surface area (Å²) in [5.41, 5.74) is 2.65. The van der Waals surface area contributed by atoms with E-state index in [9.17, 15) is 9.90 Å².